The van der Waals surface area contributed by atoms with Crippen LogP contribution in [0.2, 0.25) is 0 Å². The molecule has 0 radical (unpaired) electrons. The second-order valence-electron chi connectivity index (χ2n) is 16.4. The van der Waals surface area contributed by atoms with Crippen LogP contribution in [-0.4, -0.2) is 24.3 Å². The molecule has 0 heterocycles. The summed E-state index contributed by atoms with van der Waals surface area (Å²) >= 11 is 0. The minimum absolute atomic E-state index is 0. The molecule has 0 aliphatic carbocycles. The Morgan fingerprint density at radius 3 is 0.685 bits per heavy atom. The molecule has 6 N–H and O–H groups in total. The number of nitrogen functional groups attached to an aromatic ring is 3. The summed E-state index contributed by atoms with van der Waals surface area (Å²) in [7, 11) is -35.8. The number of hydrogen-bond acceptors (Lipinski definition) is 4. The van der Waals surface area contributed by atoms with E-state index in [2.05, 4.69) is 153 Å². The molecule has 4 nitrogen and oxygen atoms in total. The summed E-state index contributed by atoms with van der Waals surface area (Å²) in [5, 5.41) is 8.03. The van der Waals surface area contributed by atoms with Crippen LogP contribution >= 0.6 is 47.2 Å². The molecule has 0 aliphatic heterocycles. The molecule has 29 heteroatoms. The first-order valence-corrected chi connectivity index (χ1v) is 31.7. The topological polar surface area (TPSA) is 95.1 Å². The van der Waals surface area contributed by atoms with Crippen LogP contribution in [0, 0.1) is 5.41 Å². The van der Waals surface area contributed by atoms with Crippen molar-refractivity contribution in [1.29, 1.82) is 0 Å². The molecule has 0 amide bonds. The van der Waals surface area contributed by atoms with Crippen molar-refractivity contribution >= 4 is 102 Å². The number of halogens is 18. The van der Waals surface area contributed by atoms with Gasteiger partial charge in [0.25, 0.3) is 0 Å². The van der Waals surface area contributed by atoms with E-state index in [1.807, 2.05) is 18.2 Å². The fraction of sp³-hybridized carbons (Fsp3) is 0.159. The van der Waals surface area contributed by atoms with E-state index in [0.717, 1.165) is 35.5 Å². The molecule has 0 aliphatic rings. The number of benzene rings is 6. The van der Waals surface area contributed by atoms with Crippen molar-refractivity contribution in [1.82, 2.24) is 0 Å². The Morgan fingerprint density at radius 1 is 0.370 bits per heavy atom. The van der Waals surface area contributed by atoms with Gasteiger partial charge in [0.05, 0.1) is 80.6 Å². The number of rotatable bonds is 12. The molecule has 6 aromatic carbocycles. The molecule has 0 spiro atoms. The van der Waals surface area contributed by atoms with Crippen LogP contribution in [0.5, 0.6) is 0 Å². The molecular weight excluding hydrogens is 1170 g/mol. The van der Waals surface area contributed by atoms with E-state index < -0.39 is 47.2 Å². The van der Waals surface area contributed by atoms with Crippen molar-refractivity contribution in [2.75, 3.05) is 35.7 Å². The maximum absolute atomic E-state index is 10.7. The average molecular weight is 1220 g/mol. The van der Waals surface area contributed by atoms with Crippen LogP contribution in [0.4, 0.5) is 92.6 Å². The van der Waals surface area contributed by atoms with E-state index in [1.54, 1.807) is 0 Å². The molecule has 6 aromatic rings. The fourth-order valence-corrected chi connectivity index (χ4v) is 16.9. The summed E-state index contributed by atoms with van der Waals surface area (Å²) in [6, 6.07) is 58.7. The van der Waals surface area contributed by atoms with Crippen LogP contribution in [-0.2, 0) is 21.6 Å². The number of ketones is 1. The van der Waals surface area contributed by atoms with Crippen LogP contribution in [0.1, 0.15) is 20.8 Å². The Labute approximate surface area is 423 Å². The summed E-state index contributed by atoms with van der Waals surface area (Å²) in [6.45, 7) is 5.60. The minimum atomic E-state index is -10.7. The zero-order valence-electron chi connectivity index (χ0n) is 38.3. The van der Waals surface area contributed by atoms with Gasteiger partial charge in [0.15, 0.2) is 0 Å². The van der Waals surface area contributed by atoms with E-state index in [1.165, 1.54) is 45.7 Å². The second-order valence-corrected chi connectivity index (χ2v) is 29.4. The summed E-state index contributed by atoms with van der Waals surface area (Å²) < 4.78 is 178. The van der Waals surface area contributed by atoms with Gasteiger partial charge in [-0.3, -0.25) is 0 Å². The first-order valence-electron chi connectivity index (χ1n) is 20.4. The van der Waals surface area contributed by atoms with Crippen LogP contribution in [0.3, 0.4) is 0 Å². The van der Waals surface area contributed by atoms with Gasteiger partial charge in [0.1, 0.15) is 21.7 Å². The molecular formula is C44H51CoF18N3OP6+3. The van der Waals surface area contributed by atoms with Gasteiger partial charge in [-0.2, -0.15) is 0 Å². The van der Waals surface area contributed by atoms with Crippen molar-refractivity contribution in [3.05, 3.63) is 164 Å². The van der Waals surface area contributed by atoms with Crippen molar-refractivity contribution in [2.45, 2.75) is 20.8 Å². The minimum Gasteiger partial charge on any atom is 3.00 e. The van der Waals surface area contributed by atoms with Crippen molar-refractivity contribution in [3.8, 4) is 0 Å². The second kappa shape index (κ2) is 22.8. The number of anilines is 3. The summed E-state index contributed by atoms with van der Waals surface area (Å²) in [6.07, 6.45) is 3.12. The number of carbonyl (C=O) groups excluding carboxylic acids is 1. The first kappa shape index (κ1) is 67.2. The number of carbonyl (C=O) groups is 1. The van der Waals surface area contributed by atoms with Gasteiger partial charge < -0.3 is 22.0 Å². The Morgan fingerprint density at radius 2 is 0.521 bits per heavy atom. The Kier molecular flexibility index (Phi) is 21.0. The predicted octanol–water partition coefficient (Wildman–Crippen LogP) is 17.1. The van der Waals surface area contributed by atoms with E-state index in [0.29, 0.717) is 0 Å². The maximum Gasteiger partial charge on any atom is 3.00 e. The fourth-order valence-electron chi connectivity index (χ4n) is 6.76. The van der Waals surface area contributed by atoms with E-state index in [9.17, 15) is 80.3 Å². The zero-order chi connectivity index (χ0) is 55.4. The van der Waals surface area contributed by atoms with Crippen molar-refractivity contribution < 1.29 is 97.1 Å². The molecule has 0 bridgehead atoms. The third-order valence-corrected chi connectivity index (χ3v) is 19.1. The zero-order valence-corrected chi connectivity index (χ0v) is 45.1. The molecule has 0 saturated carbocycles. The summed E-state index contributed by atoms with van der Waals surface area (Å²) in [4.78, 5) is 9.44. The van der Waals surface area contributed by atoms with Gasteiger partial charge >= 0.3 is 116 Å². The van der Waals surface area contributed by atoms with Crippen LogP contribution in [0.15, 0.2) is 164 Å². The van der Waals surface area contributed by atoms with Gasteiger partial charge in [-0.05, 0) is 93.6 Å². The van der Waals surface area contributed by atoms with Crippen LogP contribution in [0.25, 0.3) is 0 Å². The number of para-hydroxylation sites is 3. The van der Waals surface area contributed by atoms with Gasteiger partial charge in [-0.1, -0.05) is 91.0 Å². The Hall–Kier alpha value is -3.78. The standard InChI is InChI=1S/C41H42N3P3.C3H6O.Co.3F6P/c1-41(29-45(32-17-5-2-6-18-32)38-26-14-11-23-35(38)42,30-46(33-19-7-3-8-20-33)39-27-15-12-24-36(39)43)31-47(34-21-9-4-10-22-34)40-28-16-13-25-37(40)44;1-3(2)4;;3*1-7(2,3,4,5)6/h2-28H,29-31,42-44H2,1H3;1-2H3;;;;/q;;+3;3*-1/p+3. The van der Waals surface area contributed by atoms with Crippen LogP contribution < -0.4 is 49.0 Å². The van der Waals surface area contributed by atoms with Crippen molar-refractivity contribution in [2.24, 2.45) is 5.41 Å². The third kappa shape index (κ3) is 35.2. The van der Waals surface area contributed by atoms with Crippen molar-refractivity contribution in [3.63, 3.8) is 0 Å². The monoisotopic (exact) mass is 1220 g/mol. The number of nitrogens with two attached hydrogens (primary N) is 3. The van der Waals surface area contributed by atoms with E-state index in [-0.39, 0.29) is 28.0 Å². The molecule has 0 aromatic heterocycles. The molecule has 0 fully saturated rings. The quantitative estimate of drug-likeness (QED) is 0.0646. The summed E-state index contributed by atoms with van der Waals surface area (Å²) in [5.74, 6) is 0.167. The van der Waals surface area contributed by atoms with E-state index in [4.69, 9.17) is 17.2 Å². The molecule has 0 saturated heterocycles. The number of Topliss-reactive ketones (excluding diaryl/α,β-unsaturated/α-hetero) is 1. The van der Waals surface area contributed by atoms with Gasteiger partial charge in [-0.15, -0.1) is 0 Å². The largest absolute Gasteiger partial charge is 3.00 e. The maximum atomic E-state index is 9.87. The molecule has 6 rings (SSSR count). The normalized spacial score (nSPS) is 16.3. The SMILES string of the molecule is CC(C)=O.CC(C[PH+](c1ccccc1)c1ccccc1N)(C[PH+](c1ccccc1)c1ccccc1N)C[PH+](c1ccccc1)c1ccccc1N.F[P-](F)(F)(F)(F)F.F[P-](F)(F)(F)(F)F.F[P-](F)(F)(F)(F)F.[Co+3]. The average Bonchev–Trinajstić information content (AvgIpc) is 3.20. The third-order valence-electron chi connectivity index (χ3n) is 9.04. The smallest absolute Gasteiger partial charge is 3.00 e. The molecule has 3 atom stereocenters. The van der Waals surface area contributed by atoms with Gasteiger partial charge in [-0.25, -0.2) is 0 Å². The van der Waals surface area contributed by atoms with Gasteiger partial charge in [0, 0.05) is 0 Å². The molecule has 73 heavy (non-hydrogen) atoms. The molecule has 410 valence electrons. The Balaban J connectivity index is 0.000000845. The first-order chi connectivity index (χ1) is 32.0. The Bertz CT molecular complexity index is 2390. The van der Waals surface area contributed by atoms with Gasteiger partial charge in [0.2, 0.25) is 0 Å². The molecule has 3 unspecified atom stereocenters. The van der Waals surface area contributed by atoms with E-state index >= 15 is 0 Å². The summed E-state index contributed by atoms with van der Waals surface area (Å²) in [5.41, 5.74) is 23.0. The predicted molar refractivity (Wildman–Crippen MR) is 274 cm³/mol. The number of hydrogen-bond donors (Lipinski definition) is 3.